The van der Waals surface area contributed by atoms with Crippen molar-refractivity contribution in [2.45, 2.75) is 27.7 Å². The van der Waals surface area contributed by atoms with Crippen molar-refractivity contribution in [3.63, 3.8) is 0 Å². The van der Waals surface area contributed by atoms with Crippen LogP contribution in [0.15, 0.2) is 19.7 Å². The maximum absolute atomic E-state index is 3.66. The average Bonchev–Trinajstić information content (AvgIpc) is 3.22. The first-order valence-electron chi connectivity index (χ1n) is 7.42. The number of rotatable bonds is 2. The Morgan fingerprint density at radius 2 is 1.00 bits per heavy atom. The van der Waals surface area contributed by atoms with Gasteiger partial charge in [-0.3, -0.25) is 0 Å². The second-order valence-electron chi connectivity index (χ2n) is 5.91. The molecular formula is C18H14Br2S4. The highest BCUT2D eigenvalue weighted by Gasteiger charge is 2.20. The lowest BCUT2D eigenvalue weighted by atomic mass is 10.2. The van der Waals surface area contributed by atoms with Gasteiger partial charge in [0.25, 0.3) is 0 Å². The molecule has 0 N–H and O–H groups in total. The third kappa shape index (κ3) is 2.70. The molecule has 0 bridgehead atoms. The van der Waals surface area contributed by atoms with Gasteiger partial charge in [-0.05, 0) is 93.9 Å². The fraction of sp³-hybridized carbons (Fsp3) is 0.222. The minimum absolute atomic E-state index is 1.24. The number of hydrogen-bond acceptors (Lipinski definition) is 4. The van der Waals surface area contributed by atoms with Crippen LogP contribution in [0.25, 0.3) is 28.9 Å². The smallest absolute Gasteiger partial charge is 0.0734 e. The van der Waals surface area contributed by atoms with E-state index >= 15 is 0 Å². The molecule has 124 valence electrons. The molecule has 4 aromatic heterocycles. The summed E-state index contributed by atoms with van der Waals surface area (Å²) in [5.74, 6) is 0. The van der Waals surface area contributed by atoms with E-state index in [0.717, 1.165) is 0 Å². The maximum Gasteiger partial charge on any atom is 0.0734 e. The van der Waals surface area contributed by atoms with Crippen LogP contribution in [0.5, 0.6) is 0 Å². The first kappa shape index (κ1) is 17.4. The molecule has 0 saturated carbocycles. The average molecular weight is 518 g/mol. The summed E-state index contributed by atoms with van der Waals surface area (Å²) >= 11 is 14.9. The molecule has 0 spiro atoms. The second kappa shape index (κ2) is 6.32. The Morgan fingerprint density at radius 3 is 1.29 bits per heavy atom. The molecule has 4 aromatic rings. The summed E-state index contributed by atoms with van der Waals surface area (Å²) in [6.45, 7) is 8.87. The largest absolute Gasteiger partial charge is 0.133 e. The van der Waals surface area contributed by atoms with Crippen LogP contribution in [-0.2, 0) is 0 Å². The Morgan fingerprint density at radius 1 is 0.625 bits per heavy atom. The van der Waals surface area contributed by atoms with Gasteiger partial charge in [0.2, 0.25) is 0 Å². The molecule has 0 aliphatic carbocycles. The number of aryl methyl sites for hydroxylation is 4. The van der Waals surface area contributed by atoms with Crippen LogP contribution in [-0.4, -0.2) is 0 Å². The molecule has 6 heteroatoms. The number of halogens is 2. The third-order valence-corrected chi connectivity index (χ3v) is 11.7. The summed E-state index contributed by atoms with van der Waals surface area (Å²) in [5.41, 5.74) is 5.50. The first-order valence-corrected chi connectivity index (χ1v) is 12.3. The van der Waals surface area contributed by atoms with Crippen LogP contribution in [0.1, 0.15) is 22.3 Å². The minimum atomic E-state index is 1.24. The zero-order valence-corrected chi connectivity index (χ0v) is 20.0. The van der Waals surface area contributed by atoms with Gasteiger partial charge in [-0.2, -0.15) is 0 Å². The molecule has 0 radical (unpaired) electrons. The van der Waals surface area contributed by atoms with Crippen molar-refractivity contribution >= 4 is 86.6 Å². The molecule has 4 heterocycles. The van der Waals surface area contributed by atoms with Gasteiger partial charge in [0.05, 0.1) is 7.57 Å². The molecule has 0 saturated heterocycles. The van der Waals surface area contributed by atoms with Crippen LogP contribution in [0.4, 0.5) is 0 Å². The summed E-state index contributed by atoms with van der Waals surface area (Å²) in [6.07, 6.45) is 0. The van der Waals surface area contributed by atoms with Gasteiger partial charge in [-0.15, -0.1) is 45.3 Å². The summed E-state index contributed by atoms with van der Waals surface area (Å²) in [5, 5.41) is 0. The van der Waals surface area contributed by atoms with Crippen molar-refractivity contribution in [2.75, 3.05) is 0 Å². The van der Waals surface area contributed by atoms with Crippen molar-refractivity contribution in [3.05, 3.63) is 42.0 Å². The fourth-order valence-electron chi connectivity index (χ4n) is 2.76. The van der Waals surface area contributed by atoms with E-state index in [1.54, 1.807) is 0 Å². The summed E-state index contributed by atoms with van der Waals surface area (Å²) in [7, 11) is 0. The van der Waals surface area contributed by atoms with Crippen LogP contribution in [0, 0.1) is 27.7 Å². The van der Waals surface area contributed by atoms with Crippen molar-refractivity contribution in [1.82, 2.24) is 0 Å². The monoisotopic (exact) mass is 516 g/mol. The number of thiophene rings is 4. The van der Waals surface area contributed by atoms with Crippen LogP contribution in [0.2, 0.25) is 0 Å². The quantitative estimate of drug-likeness (QED) is 0.248. The first-order chi connectivity index (χ1) is 11.4. The summed E-state index contributed by atoms with van der Waals surface area (Å²) < 4.78 is 5.38. The molecule has 0 fully saturated rings. The maximum atomic E-state index is 3.66. The Bertz CT molecular complexity index is 950. The number of fused-ring (bicyclic) bond motifs is 1. The Labute approximate surface area is 174 Å². The van der Waals surface area contributed by atoms with Crippen LogP contribution >= 0.6 is 77.2 Å². The zero-order chi connectivity index (χ0) is 17.2. The van der Waals surface area contributed by atoms with Crippen molar-refractivity contribution < 1.29 is 0 Å². The predicted molar refractivity (Wildman–Crippen MR) is 121 cm³/mol. The van der Waals surface area contributed by atoms with E-state index in [4.69, 9.17) is 0 Å². The van der Waals surface area contributed by atoms with Gasteiger partial charge in [0.15, 0.2) is 0 Å². The normalized spacial score (nSPS) is 11.8. The molecule has 0 unspecified atom stereocenters. The van der Waals surface area contributed by atoms with E-state index in [1.807, 2.05) is 45.3 Å². The Kier molecular flexibility index (Phi) is 4.59. The molecule has 4 rings (SSSR count). The molecule has 24 heavy (non-hydrogen) atoms. The van der Waals surface area contributed by atoms with Crippen LogP contribution in [0.3, 0.4) is 0 Å². The molecule has 0 nitrogen and oxygen atoms in total. The SMILES string of the molecule is Cc1cc(-c2sc3c(C)c(-c4cc(C)c(Br)s4)sc3c2C)sc1Br. The summed E-state index contributed by atoms with van der Waals surface area (Å²) in [6, 6.07) is 4.60. The highest BCUT2D eigenvalue weighted by molar-refractivity contribution is 9.11. The standard InChI is InChI=1S/C18H14Br2S4/c1-7-5-11(21-17(7)19)13-9(3)15-16(23-13)10(4)14(24-15)12-6-8(2)18(20)22-12/h5-6H,1-4H3. The number of hydrogen-bond donors (Lipinski definition) is 0. The molecule has 0 aliphatic rings. The van der Waals surface area contributed by atoms with E-state index < -0.39 is 0 Å². The zero-order valence-electron chi connectivity index (χ0n) is 13.5. The fourth-order valence-corrected chi connectivity index (χ4v) is 8.95. The molecule has 0 aliphatic heterocycles. The third-order valence-electron chi connectivity index (χ3n) is 4.14. The van der Waals surface area contributed by atoms with Gasteiger partial charge in [-0.1, -0.05) is 0 Å². The predicted octanol–water partition coefficient (Wildman–Crippen LogP) is 9.18. The lowest BCUT2D eigenvalue weighted by Gasteiger charge is -1.97. The van der Waals surface area contributed by atoms with E-state index in [9.17, 15) is 0 Å². The molecular weight excluding hydrogens is 504 g/mol. The lowest BCUT2D eigenvalue weighted by molar-refractivity contribution is 1.52. The van der Waals surface area contributed by atoms with Gasteiger partial charge >= 0.3 is 0 Å². The summed E-state index contributed by atoms with van der Waals surface area (Å²) in [4.78, 5) is 5.60. The molecule has 0 aromatic carbocycles. The highest BCUT2D eigenvalue weighted by Crippen LogP contribution is 2.51. The molecule has 0 amide bonds. The van der Waals surface area contributed by atoms with E-state index in [2.05, 4.69) is 71.7 Å². The van der Waals surface area contributed by atoms with Gasteiger partial charge in [0, 0.05) is 28.9 Å². The lowest BCUT2D eigenvalue weighted by Crippen LogP contribution is -1.70. The molecule has 0 atom stereocenters. The van der Waals surface area contributed by atoms with Crippen molar-refractivity contribution in [3.8, 4) is 19.5 Å². The van der Waals surface area contributed by atoms with E-state index in [0.29, 0.717) is 0 Å². The second-order valence-corrected chi connectivity index (χ2v) is 12.7. The van der Waals surface area contributed by atoms with E-state index in [-0.39, 0.29) is 0 Å². The highest BCUT2D eigenvalue weighted by atomic mass is 79.9. The van der Waals surface area contributed by atoms with Gasteiger partial charge in [-0.25, -0.2) is 0 Å². The van der Waals surface area contributed by atoms with Crippen molar-refractivity contribution in [1.29, 1.82) is 0 Å². The Hall–Kier alpha value is 0.0200. The van der Waals surface area contributed by atoms with E-state index in [1.165, 1.54) is 58.7 Å². The Balaban J connectivity index is 1.89. The minimum Gasteiger partial charge on any atom is -0.133 e. The van der Waals surface area contributed by atoms with Crippen molar-refractivity contribution in [2.24, 2.45) is 0 Å². The van der Waals surface area contributed by atoms with Gasteiger partial charge in [0.1, 0.15) is 0 Å². The topological polar surface area (TPSA) is 0 Å². The van der Waals surface area contributed by atoms with Crippen LogP contribution < -0.4 is 0 Å². The van der Waals surface area contributed by atoms with Gasteiger partial charge < -0.3 is 0 Å².